The molecule has 0 saturated carbocycles. The minimum absolute atomic E-state index is 0.00144. The first-order chi connectivity index (χ1) is 30.4. The summed E-state index contributed by atoms with van der Waals surface area (Å²) in [7, 11) is 3.30. The van der Waals surface area contributed by atoms with Gasteiger partial charge in [-0.2, -0.15) is 0 Å². The van der Waals surface area contributed by atoms with Crippen LogP contribution in [0.3, 0.4) is 0 Å². The van der Waals surface area contributed by atoms with Gasteiger partial charge in [-0.25, -0.2) is 4.79 Å². The highest BCUT2D eigenvalue weighted by atomic mass is 16.5. The highest BCUT2D eigenvalue weighted by Crippen LogP contribution is 2.14. The van der Waals surface area contributed by atoms with Crippen LogP contribution in [0.25, 0.3) is 0 Å². The van der Waals surface area contributed by atoms with E-state index >= 15 is 0 Å². The number of carboxylic acid groups (broad SMARTS) is 2. The number of carbonyl (C=O) groups excluding carboxylic acids is 5. The molecule has 0 unspecified atom stereocenters. The predicted octanol–water partition coefficient (Wildman–Crippen LogP) is 5.81. The molecule has 0 aromatic heterocycles. The number of primary amides is 1. The van der Waals surface area contributed by atoms with Crippen LogP contribution in [0.15, 0.2) is 0 Å². The van der Waals surface area contributed by atoms with Crippen molar-refractivity contribution in [2.24, 2.45) is 5.73 Å². The van der Waals surface area contributed by atoms with Crippen molar-refractivity contribution < 1.29 is 62.7 Å². The minimum Gasteiger partial charge on any atom is -0.481 e. The summed E-state index contributed by atoms with van der Waals surface area (Å²) in [5.41, 5.74) is 5.24. The van der Waals surface area contributed by atoms with E-state index < -0.39 is 18.0 Å². The first-order valence-corrected chi connectivity index (χ1v) is 23.6. The molecule has 0 heterocycles. The number of Topliss-reactive ketones (excluding diaryl/α,β-unsaturated/α-hetero) is 2. The van der Waals surface area contributed by atoms with Crippen molar-refractivity contribution >= 4 is 41.2 Å². The molecular formula is C46H86N4O13. The molecule has 2 atom stereocenters. The predicted molar refractivity (Wildman–Crippen MR) is 242 cm³/mol. The molecule has 0 rings (SSSR count). The second-order valence-corrected chi connectivity index (χ2v) is 15.8. The van der Waals surface area contributed by atoms with E-state index in [1.807, 2.05) is 0 Å². The zero-order chi connectivity index (χ0) is 47.2. The third-order valence-corrected chi connectivity index (χ3v) is 10.2. The number of methoxy groups -OCH3 is 1. The van der Waals surface area contributed by atoms with Crippen LogP contribution < -0.4 is 21.7 Å². The van der Waals surface area contributed by atoms with Gasteiger partial charge in [-0.15, -0.1) is 0 Å². The fourth-order valence-electron chi connectivity index (χ4n) is 6.39. The van der Waals surface area contributed by atoms with Crippen molar-refractivity contribution in [3.63, 3.8) is 0 Å². The van der Waals surface area contributed by atoms with E-state index in [1.165, 1.54) is 44.9 Å². The van der Waals surface area contributed by atoms with Crippen LogP contribution in [-0.4, -0.2) is 130 Å². The largest absolute Gasteiger partial charge is 0.481 e. The summed E-state index contributed by atoms with van der Waals surface area (Å²) in [6, 6.07) is -1.32. The molecule has 63 heavy (non-hydrogen) atoms. The number of aliphatic carboxylic acids is 2. The summed E-state index contributed by atoms with van der Waals surface area (Å²) in [5, 5.41) is 26.1. The van der Waals surface area contributed by atoms with Gasteiger partial charge >= 0.3 is 11.9 Å². The highest BCUT2D eigenvalue weighted by molar-refractivity contribution is 5.85. The zero-order valence-corrected chi connectivity index (χ0v) is 39.2. The van der Waals surface area contributed by atoms with Gasteiger partial charge in [0.15, 0.2) is 5.78 Å². The number of hydrogen-bond acceptors (Lipinski definition) is 12. The summed E-state index contributed by atoms with van der Waals surface area (Å²) in [4.78, 5) is 79.7. The molecular weight excluding hydrogens is 817 g/mol. The molecule has 0 saturated heterocycles. The molecule has 0 fully saturated rings. The lowest BCUT2D eigenvalue weighted by Gasteiger charge is -2.14. The lowest BCUT2D eigenvalue weighted by molar-refractivity contribution is -0.142. The van der Waals surface area contributed by atoms with Crippen molar-refractivity contribution in [3.8, 4) is 0 Å². The number of carbonyl (C=O) groups is 7. The summed E-state index contributed by atoms with van der Waals surface area (Å²) in [5.74, 6) is -2.37. The molecule has 0 radical (unpaired) electrons. The Morgan fingerprint density at radius 2 is 1.03 bits per heavy atom. The Morgan fingerprint density at radius 3 is 1.57 bits per heavy atom. The number of ether oxygens (including phenoxy) is 4. The fraction of sp³-hybridized carbons (Fsp3) is 0.848. The minimum atomic E-state index is -1.11. The molecule has 0 aromatic rings. The third kappa shape index (κ3) is 46.3. The Morgan fingerprint density at radius 1 is 0.524 bits per heavy atom. The van der Waals surface area contributed by atoms with Crippen molar-refractivity contribution in [2.45, 2.75) is 186 Å². The molecule has 368 valence electrons. The maximum Gasteiger partial charge on any atom is 0.326 e. The van der Waals surface area contributed by atoms with E-state index in [-0.39, 0.29) is 61.2 Å². The summed E-state index contributed by atoms with van der Waals surface area (Å²) < 4.78 is 20.7. The Kier molecular flexibility index (Phi) is 45.4. The van der Waals surface area contributed by atoms with E-state index in [9.17, 15) is 38.7 Å². The van der Waals surface area contributed by atoms with Crippen molar-refractivity contribution in [2.75, 3.05) is 67.0 Å². The molecule has 0 aromatic carbocycles. The van der Waals surface area contributed by atoms with Gasteiger partial charge in [-0.05, 0) is 45.6 Å². The molecule has 0 aliphatic heterocycles. The maximum absolute atomic E-state index is 12.2. The third-order valence-electron chi connectivity index (χ3n) is 10.2. The van der Waals surface area contributed by atoms with Crippen LogP contribution >= 0.6 is 0 Å². The quantitative estimate of drug-likeness (QED) is 0.0394. The maximum atomic E-state index is 12.2. The smallest absolute Gasteiger partial charge is 0.326 e. The number of carboxylic acids is 2. The van der Waals surface area contributed by atoms with Crippen LogP contribution in [0.5, 0.6) is 0 Å². The second kappa shape index (κ2) is 46.5. The molecule has 3 amide bonds. The number of unbranched alkanes of at least 4 members (excludes halogenated alkanes) is 15. The number of nitrogens with one attached hydrogen (secondary N) is 3. The van der Waals surface area contributed by atoms with Crippen molar-refractivity contribution in [1.82, 2.24) is 16.0 Å². The Hall–Kier alpha value is -3.51. The standard InChI is InChI=1S/C29H53NO8.C17H33N3O5/c1-37-23-24-38-22-16-17-25(31)20-21-26(29(35)36)30-27(32)18-14-12-10-8-6-4-2-3-5-7-9-11-13-15-19-28(33)34;1-3-16(22)20-9-10-24-11-12-25-13-14(21)7-5-4-6-8-15(19-2)17(18)23/h26H,2-24H2,1H3,(H,30,32)(H,33,34)(H,35,36);15,19H,3-13H2,1-2H3,(H2,18,23)(H,20,22)/t26-;15-/m00/s1. The molecule has 17 heteroatoms. The monoisotopic (exact) mass is 903 g/mol. The van der Waals surface area contributed by atoms with Crippen LogP contribution in [-0.2, 0) is 52.5 Å². The van der Waals surface area contributed by atoms with Gasteiger partial charge in [0.2, 0.25) is 17.7 Å². The molecule has 0 aliphatic carbocycles. The lowest BCUT2D eigenvalue weighted by atomic mass is 10.0. The number of rotatable bonds is 46. The average Bonchev–Trinajstić information content (AvgIpc) is 3.25. The Labute approximate surface area is 377 Å². The first kappa shape index (κ1) is 61.6. The van der Waals surface area contributed by atoms with E-state index in [0.717, 1.165) is 64.2 Å². The summed E-state index contributed by atoms with van der Waals surface area (Å²) in [6.45, 7) is 5.02. The van der Waals surface area contributed by atoms with Crippen LogP contribution in [0.2, 0.25) is 0 Å². The zero-order valence-electron chi connectivity index (χ0n) is 39.2. The fourth-order valence-corrected chi connectivity index (χ4v) is 6.39. The second-order valence-electron chi connectivity index (χ2n) is 15.8. The van der Waals surface area contributed by atoms with Gasteiger partial charge in [0.05, 0.1) is 39.1 Å². The van der Waals surface area contributed by atoms with Crippen molar-refractivity contribution in [1.29, 1.82) is 0 Å². The van der Waals surface area contributed by atoms with E-state index in [2.05, 4.69) is 16.0 Å². The normalized spacial score (nSPS) is 11.9. The Balaban J connectivity index is 0. The topological polar surface area (TPSA) is 259 Å². The average molecular weight is 903 g/mol. The molecule has 0 bridgehead atoms. The number of amides is 3. The van der Waals surface area contributed by atoms with Gasteiger partial charge in [0, 0.05) is 58.8 Å². The van der Waals surface area contributed by atoms with Gasteiger partial charge in [-0.1, -0.05) is 96.8 Å². The van der Waals surface area contributed by atoms with Gasteiger partial charge in [-0.3, -0.25) is 28.8 Å². The number of ketones is 2. The number of hydrogen-bond donors (Lipinski definition) is 6. The molecule has 0 spiro atoms. The number of nitrogens with two attached hydrogens (primary N) is 1. The number of likely N-dealkylation sites (N-methyl/N-ethyl adjacent to an activating group) is 1. The van der Waals surface area contributed by atoms with Crippen LogP contribution in [0.4, 0.5) is 0 Å². The first-order valence-electron chi connectivity index (χ1n) is 23.6. The van der Waals surface area contributed by atoms with Crippen LogP contribution in [0, 0.1) is 0 Å². The Bertz CT molecular complexity index is 1190. The summed E-state index contributed by atoms with van der Waals surface area (Å²) >= 11 is 0. The van der Waals surface area contributed by atoms with E-state index in [1.54, 1.807) is 21.1 Å². The molecule has 17 nitrogen and oxygen atoms in total. The molecule has 0 aliphatic rings. The SMILES string of the molecule is CCC(=O)NCCOCCOCC(=O)CCCCC[C@H](NC)C(N)=O.COCCOCCCC(=O)CC[C@H](NC(=O)CCCCCCCCCCCCCCCCC(=O)O)C(=O)O. The van der Waals surface area contributed by atoms with E-state index in [4.69, 9.17) is 29.8 Å². The summed E-state index contributed by atoms with van der Waals surface area (Å²) in [6.07, 6.45) is 21.4. The van der Waals surface area contributed by atoms with Crippen molar-refractivity contribution in [3.05, 3.63) is 0 Å². The highest BCUT2D eigenvalue weighted by Gasteiger charge is 2.21. The van der Waals surface area contributed by atoms with E-state index in [0.29, 0.717) is 84.7 Å². The lowest BCUT2D eigenvalue weighted by Crippen LogP contribution is -2.41. The van der Waals surface area contributed by atoms with Gasteiger partial charge in [0.25, 0.3) is 0 Å². The van der Waals surface area contributed by atoms with Gasteiger partial charge < -0.3 is 50.8 Å². The van der Waals surface area contributed by atoms with Gasteiger partial charge in [0.1, 0.15) is 18.4 Å². The molecule has 7 N–H and O–H groups in total. The van der Waals surface area contributed by atoms with Crippen LogP contribution in [0.1, 0.15) is 174 Å².